The average molecular weight is 226 g/mol. The number of hydrogen-bond donors (Lipinski definition) is 0. The van der Waals surface area contributed by atoms with Crippen LogP contribution in [0.2, 0.25) is 0 Å². The molecule has 0 amide bonds. The van der Waals surface area contributed by atoms with E-state index in [1.807, 2.05) is 12.1 Å². The van der Waals surface area contributed by atoms with Gasteiger partial charge < -0.3 is 0 Å². The molecule has 0 bridgehead atoms. The monoisotopic (exact) mass is 226 g/mol. The Labute approximate surface area is 92.2 Å². The van der Waals surface area contributed by atoms with E-state index in [0.29, 0.717) is 16.7 Å². The molecular formula is C12H18O2S. The summed E-state index contributed by atoms with van der Waals surface area (Å²) >= 11 is 0. The summed E-state index contributed by atoms with van der Waals surface area (Å²) in [4.78, 5) is 0.391. The Kier molecular flexibility index (Phi) is 3.55. The van der Waals surface area contributed by atoms with Gasteiger partial charge in [-0.05, 0) is 29.5 Å². The summed E-state index contributed by atoms with van der Waals surface area (Å²) in [5.74, 6) is 1.02. The Morgan fingerprint density at radius 2 is 1.47 bits per heavy atom. The third kappa shape index (κ3) is 3.06. The molecule has 2 nitrogen and oxygen atoms in total. The quantitative estimate of drug-likeness (QED) is 0.794. The number of hydrogen-bond acceptors (Lipinski definition) is 2. The highest BCUT2D eigenvalue weighted by Gasteiger charge is 2.11. The summed E-state index contributed by atoms with van der Waals surface area (Å²) in [6.07, 6.45) is 1.23. The lowest BCUT2D eigenvalue weighted by Crippen LogP contribution is -2.03. The second kappa shape index (κ2) is 4.35. The molecule has 0 aromatic heterocycles. The maximum absolute atomic E-state index is 11.2. The predicted octanol–water partition coefficient (Wildman–Crippen LogP) is 2.85. The Balaban J connectivity index is 3.01. The van der Waals surface area contributed by atoms with Crippen LogP contribution in [0.4, 0.5) is 0 Å². The third-order valence-electron chi connectivity index (χ3n) is 2.83. The van der Waals surface area contributed by atoms with Gasteiger partial charge in [-0.25, -0.2) is 8.42 Å². The minimum Gasteiger partial charge on any atom is -0.224 e. The van der Waals surface area contributed by atoms with E-state index in [1.54, 1.807) is 12.1 Å². The van der Waals surface area contributed by atoms with Gasteiger partial charge in [0.15, 0.2) is 9.84 Å². The molecule has 0 saturated heterocycles. The van der Waals surface area contributed by atoms with E-state index in [-0.39, 0.29) is 0 Å². The highest BCUT2D eigenvalue weighted by Crippen LogP contribution is 2.24. The summed E-state index contributed by atoms with van der Waals surface area (Å²) in [5, 5.41) is 0. The van der Waals surface area contributed by atoms with Crippen molar-refractivity contribution in [3.05, 3.63) is 29.8 Å². The summed E-state index contributed by atoms with van der Waals surface area (Å²) in [7, 11) is -3.07. The van der Waals surface area contributed by atoms with E-state index in [4.69, 9.17) is 0 Å². The van der Waals surface area contributed by atoms with Crippen LogP contribution in [0.1, 0.15) is 32.3 Å². The highest BCUT2D eigenvalue weighted by molar-refractivity contribution is 7.90. The van der Waals surface area contributed by atoms with Crippen molar-refractivity contribution in [2.24, 2.45) is 5.92 Å². The normalized spacial score (nSPS) is 14.2. The maximum Gasteiger partial charge on any atom is 0.175 e. The minimum absolute atomic E-state index is 0.391. The fourth-order valence-electron chi connectivity index (χ4n) is 1.40. The molecule has 3 heteroatoms. The molecule has 0 aliphatic heterocycles. The molecule has 0 heterocycles. The lowest BCUT2D eigenvalue weighted by molar-refractivity contribution is 0.534. The second-order valence-electron chi connectivity index (χ2n) is 4.37. The third-order valence-corrected chi connectivity index (χ3v) is 3.96. The molecule has 1 aromatic carbocycles. The van der Waals surface area contributed by atoms with Gasteiger partial charge in [0.25, 0.3) is 0 Å². The van der Waals surface area contributed by atoms with Gasteiger partial charge in [-0.15, -0.1) is 0 Å². The van der Waals surface area contributed by atoms with Crippen molar-refractivity contribution in [3.8, 4) is 0 Å². The topological polar surface area (TPSA) is 34.1 Å². The van der Waals surface area contributed by atoms with E-state index in [2.05, 4.69) is 20.8 Å². The van der Waals surface area contributed by atoms with Crippen molar-refractivity contribution in [2.45, 2.75) is 31.6 Å². The fraction of sp³-hybridized carbons (Fsp3) is 0.500. The van der Waals surface area contributed by atoms with Crippen LogP contribution in [0, 0.1) is 5.92 Å². The van der Waals surface area contributed by atoms with Crippen LogP contribution in [0.3, 0.4) is 0 Å². The van der Waals surface area contributed by atoms with Gasteiger partial charge in [0.2, 0.25) is 0 Å². The summed E-state index contributed by atoms with van der Waals surface area (Å²) < 4.78 is 22.5. The molecule has 1 rings (SSSR count). The molecule has 0 spiro atoms. The molecule has 0 radical (unpaired) electrons. The second-order valence-corrected chi connectivity index (χ2v) is 6.39. The fourth-order valence-corrected chi connectivity index (χ4v) is 2.03. The summed E-state index contributed by atoms with van der Waals surface area (Å²) in [6.45, 7) is 6.48. The number of benzene rings is 1. The van der Waals surface area contributed by atoms with Crippen LogP contribution in [-0.4, -0.2) is 14.7 Å². The Morgan fingerprint density at radius 1 is 1.00 bits per heavy atom. The largest absolute Gasteiger partial charge is 0.224 e. The van der Waals surface area contributed by atoms with Gasteiger partial charge in [-0.3, -0.25) is 0 Å². The first-order valence-electron chi connectivity index (χ1n) is 5.12. The van der Waals surface area contributed by atoms with E-state index in [1.165, 1.54) is 11.8 Å². The minimum atomic E-state index is -3.07. The SMILES string of the molecule is CC(C)C(C)c1ccc(S(C)(=O)=O)cc1. The number of sulfone groups is 1. The van der Waals surface area contributed by atoms with Crippen LogP contribution in [0.5, 0.6) is 0 Å². The maximum atomic E-state index is 11.2. The van der Waals surface area contributed by atoms with Gasteiger partial charge in [0, 0.05) is 6.26 Å². The van der Waals surface area contributed by atoms with Crippen molar-refractivity contribution >= 4 is 9.84 Å². The molecule has 0 N–H and O–H groups in total. The van der Waals surface area contributed by atoms with Gasteiger partial charge in [0.05, 0.1) is 4.90 Å². The summed E-state index contributed by atoms with van der Waals surface area (Å²) in [5.41, 5.74) is 1.19. The van der Waals surface area contributed by atoms with E-state index in [9.17, 15) is 8.42 Å². The van der Waals surface area contributed by atoms with Crippen LogP contribution in [-0.2, 0) is 9.84 Å². The van der Waals surface area contributed by atoms with Crippen molar-refractivity contribution in [3.63, 3.8) is 0 Å². The first kappa shape index (κ1) is 12.2. The molecule has 1 atom stereocenters. The van der Waals surface area contributed by atoms with Crippen LogP contribution in [0.15, 0.2) is 29.2 Å². The van der Waals surface area contributed by atoms with Crippen molar-refractivity contribution in [1.29, 1.82) is 0 Å². The molecule has 0 fully saturated rings. The zero-order chi connectivity index (χ0) is 11.6. The zero-order valence-electron chi connectivity index (χ0n) is 9.69. The lowest BCUT2D eigenvalue weighted by atomic mass is 9.90. The summed E-state index contributed by atoms with van der Waals surface area (Å²) in [6, 6.07) is 7.18. The van der Waals surface area contributed by atoms with E-state index < -0.39 is 9.84 Å². The standard InChI is InChI=1S/C12H18O2S/c1-9(2)10(3)11-5-7-12(8-6-11)15(4,13)14/h5-10H,1-4H3. The van der Waals surface area contributed by atoms with Gasteiger partial charge >= 0.3 is 0 Å². The predicted molar refractivity (Wildman–Crippen MR) is 62.8 cm³/mol. The Hall–Kier alpha value is -0.830. The molecule has 84 valence electrons. The molecule has 0 saturated carbocycles. The first-order chi connectivity index (χ1) is 6.82. The molecule has 1 unspecified atom stereocenters. The highest BCUT2D eigenvalue weighted by atomic mass is 32.2. The van der Waals surface area contributed by atoms with Crippen LogP contribution in [0.25, 0.3) is 0 Å². The zero-order valence-corrected chi connectivity index (χ0v) is 10.5. The smallest absolute Gasteiger partial charge is 0.175 e. The molecule has 15 heavy (non-hydrogen) atoms. The van der Waals surface area contributed by atoms with Crippen molar-refractivity contribution in [2.75, 3.05) is 6.26 Å². The molecule has 0 aliphatic rings. The molecule has 1 aromatic rings. The van der Waals surface area contributed by atoms with Gasteiger partial charge in [-0.1, -0.05) is 32.9 Å². The van der Waals surface area contributed by atoms with E-state index in [0.717, 1.165) is 0 Å². The number of rotatable bonds is 3. The van der Waals surface area contributed by atoms with Crippen LogP contribution < -0.4 is 0 Å². The lowest BCUT2D eigenvalue weighted by Gasteiger charge is -2.15. The van der Waals surface area contributed by atoms with Crippen molar-refractivity contribution < 1.29 is 8.42 Å². The average Bonchev–Trinajstić information content (AvgIpc) is 2.15. The molecular weight excluding hydrogens is 208 g/mol. The van der Waals surface area contributed by atoms with E-state index >= 15 is 0 Å². The first-order valence-corrected chi connectivity index (χ1v) is 7.01. The van der Waals surface area contributed by atoms with Gasteiger partial charge in [0.1, 0.15) is 0 Å². The van der Waals surface area contributed by atoms with Crippen LogP contribution >= 0.6 is 0 Å². The Morgan fingerprint density at radius 3 is 1.80 bits per heavy atom. The molecule has 0 aliphatic carbocycles. The Bertz CT molecular complexity index is 415. The van der Waals surface area contributed by atoms with Gasteiger partial charge in [-0.2, -0.15) is 0 Å². The van der Waals surface area contributed by atoms with Crippen molar-refractivity contribution in [1.82, 2.24) is 0 Å².